The molecule has 2 amide bonds. The first-order valence-corrected chi connectivity index (χ1v) is 15.2. The topological polar surface area (TPSA) is 193 Å². The predicted molar refractivity (Wildman–Crippen MR) is 164 cm³/mol. The number of aromatic hydroxyl groups is 1. The number of ketones is 4. The first-order chi connectivity index (χ1) is 21.0. The average Bonchev–Trinajstić information content (AvgIpc) is 2.94. The zero-order valence-electron chi connectivity index (χ0n) is 26.0. The van der Waals surface area contributed by atoms with Gasteiger partial charge in [-0.25, -0.2) is 0 Å². The summed E-state index contributed by atoms with van der Waals surface area (Å²) in [6, 6.07) is 10.0. The third kappa shape index (κ3) is 5.37. The highest BCUT2D eigenvalue weighted by Crippen LogP contribution is 2.53. The maximum Gasteiger partial charge on any atom is 0.238 e. The number of nitrogens with one attached hydrogen (secondary N) is 2. The van der Waals surface area contributed by atoms with Gasteiger partial charge in [-0.3, -0.25) is 28.8 Å². The lowest BCUT2D eigenvalue weighted by molar-refractivity contribution is -0.182. The van der Waals surface area contributed by atoms with Gasteiger partial charge in [-0.1, -0.05) is 32.0 Å². The van der Waals surface area contributed by atoms with E-state index in [2.05, 4.69) is 10.6 Å². The number of aliphatic hydroxyl groups is 1. The molecule has 6 atom stereocenters. The summed E-state index contributed by atoms with van der Waals surface area (Å²) < 4.78 is 0. The Labute approximate surface area is 260 Å². The van der Waals surface area contributed by atoms with E-state index in [1.165, 1.54) is 6.07 Å². The molecule has 0 bridgehead atoms. The molecule has 2 aromatic carbocycles. The lowest BCUT2D eigenvalue weighted by Gasteiger charge is -2.52. The third-order valence-electron chi connectivity index (χ3n) is 9.45. The summed E-state index contributed by atoms with van der Waals surface area (Å²) in [6.07, 6.45) is 0.170. The summed E-state index contributed by atoms with van der Waals surface area (Å²) in [7, 11) is 0. The lowest BCUT2D eigenvalue weighted by atomic mass is 9.49. The van der Waals surface area contributed by atoms with Crippen molar-refractivity contribution in [3.8, 4) is 16.9 Å². The van der Waals surface area contributed by atoms with E-state index in [0.717, 1.165) is 0 Å². The number of hydrogen-bond acceptors (Lipinski definition) is 9. The minimum atomic E-state index is -2.73. The second-order valence-corrected chi connectivity index (χ2v) is 13.9. The van der Waals surface area contributed by atoms with Gasteiger partial charge in [-0.2, -0.15) is 0 Å². The van der Waals surface area contributed by atoms with Gasteiger partial charge >= 0.3 is 0 Å². The van der Waals surface area contributed by atoms with Gasteiger partial charge < -0.3 is 26.6 Å². The number of anilines is 1. The van der Waals surface area contributed by atoms with Crippen LogP contribution in [0.1, 0.15) is 57.0 Å². The van der Waals surface area contributed by atoms with Gasteiger partial charge in [-0.15, -0.1) is 0 Å². The SMILES string of the molecule is CC(C)[C@@H]1C(=O)C(C(N)=O)C(=O)[C@@]2(O)C(=O)C3C(=O)c4c(O)ccc(-c5ccc(NC(=O)CNC(C)(C)C)cc5)c4C[C@H]3C[C@@H]12. The number of phenolic OH excluding ortho intramolecular Hbond substituents is 1. The molecule has 45 heavy (non-hydrogen) atoms. The van der Waals surface area contributed by atoms with Crippen LogP contribution in [0.5, 0.6) is 5.75 Å². The molecule has 0 heterocycles. The highest BCUT2D eigenvalue weighted by molar-refractivity contribution is 6.32. The summed E-state index contributed by atoms with van der Waals surface area (Å²) in [5.41, 5.74) is 4.79. The van der Waals surface area contributed by atoms with Crippen LogP contribution in [0, 0.1) is 35.5 Å². The maximum absolute atomic E-state index is 14.0. The van der Waals surface area contributed by atoms with Crippen molar-refractivity contribution in [1.82, 2.24) is 5.32 Å². The summed E-state index contributed by atoms with van der Waals surface area (Å²) in [5, 5.41) is 28.5. The maximum atomic E-state index is 14.0. The Kier molecular flexibility index (Phi) is 8.08. The van der Waals surface area contributed by atoms with Crippen LogP contribution >= 0.6 is 0 Å². The number of fused-ring (bicyclic) bond motifs is 3. The number of benzene rings is 2. The highest BCUT2D eigenvalue weighted by Gasteiger charge is 2.69. The van der Waals surface area contributed by atoms with Crippen molar-refractivity contribution in [1.29, 1.82) is 0 Å². The number of Topliss-reactive ketones (excluding diaryl/α,β-unsaturated/α-hetero) is 4. The Balaban J connectivity index is 1.50. The van der Waals surface area contributed by atoms with Crippen LogP contribution in [-0.4, -0.2) is 62.8 Å². The summed E-state index contributed by atoms with van der Waals surface area (Å²) in [4.78, 5) is 79.3. The zero-order valence-corrected chi connectivity index (χ0v) is 26.0. The van der Waals surface area contributed by atoms with Crippen LogP contribution in [0.3, 0.4) is 0 Å². The van der Waals surface area contributed by atoms with Gasteiger partial charge in [0.25, 0.3) is 0 Å². The number of hydrogen-bond donors (Lipinski definition) is 5. The number of nitrogens with two attached hydrogens (primary N) is 1. The molecule has 11 nitrogen and oxygen atoms in total. The van der Waals surface area contributed by atoms with Gasteiger partial charge in [0.05, 0.1) is 18.0 Å². The molecular weight excluding hydrogens is 578 g/mol. The molecule has 2 unspecified atom stereocenters. The number of primary amides is 1. The quantitative estimate of drug-likeness (QED) is 0.302. The summed E-state index contributed by atoms with van der Waals surface area (Å²) in [6.45, 7) is 9.42. The first-order valence-electron chi connectivity index (χ1n) is 15.2. The van der Waals surface area contributed by atoms with E-state index in [4.69, 9.17) is 5.73 Å². The Morgan fingerprint density at radius 3 is 2.24 bits per heavy atom. The Hall–Kier alpha value is -4.22. The zero-order chi connectivity index (χ0) is 33.2. The number of amides is 2. The van der Waals surface area contributed by atoms with Crippen molar-refractivity contribution in [2.45, 2.75) is 58.6 Å². The lowest BCUT2D eigenvalue weighted by Crippen LogP contribution is -2.71. The normalized spacial score (nSPS) is 27.9. The van der Waals surface area contributed by atoms with Crippen LogP contribution in [0.15, 0.2) is 36.4 Å². The molecule has 0 aromatic heterocycles. The van der Waals surface area contributed by atoms with E-state index in [-0.39, 0.29) is 42.1 Å². The van der Waals surface area contributed by atoms with E-state index in [1.54, 1.807) is 44.2 Å². The van der Waals surface area contributed by atoms with Crippen molar-refractivity contribution in [3.05, 3.63) is 47.5 Å². The molecule has 0 radical (unpaired) electrons. The average molecular weight is 618 g/mol. The van der Waals surface area contributed by atoms with Crippen molar-refractivity contribution in [3.63, 3.8) is 0 Å². The minimum absolute atomic E-state index is 0.00651. The fourth-order valence-electron chi connectivity index (χ4n) is 7.41. The molecule has 2 fully saturated rings. The summed E-state index contributed by atoms with van der Waals surface area (Å²) in [5.74, 6) is -12.2. The van der Waals surface area contributed by atoms with Gasteiger partial charge in [-0.05, 0) is 80.3 Å². The number of phenols is 1. The molecule has 5 rings (SSSR count). The molecule has 0 saturated heterocycles. The van der Waals surface area contributed by atoms with Crippen LogP contribution in [0.25, 0.3) is 11.1 Å². The van der Waals surface area contributed by atoms with Gasteiger partial charge in [0.15, 0.2) is 34.7 Å². The monoisotopic (exact) mass is 617 g/mol. The Morgan fingerprint density at radius 2 is 1.67 bits per heavy atom. The van der Waals surface area contributed by atoms with Crippen molar-refractivity contribution >= 4 is 40.6 Å². The molecule has 11 heteroatoms. The molecule has 0 spiro atoms. The van der Waals surface area contributed by atoms with E-state index in [9.17, 15) is 39.0 Å². The first kappa shape index (κ1) is 32.2. The molecule has 3 aliphatic rings. The van der Waals surface area contributed by atoms with Gasteiger partial charge in [0.2, 0.25) is 11.8 Å². The fraction of sp³-hybridized carbons (Fsp3) is 0.471. The second-order valence-electron chi connectivity index (χ2n) is 13.9. The molecular formula is C34H39N3O8. The van der Waals surface area contributed by atoms with Gasteiger partial charge in [0.1, 0.15) is 5.75 Å². The largest absolute Gasteiger partial charge is 0.507 e. The van der Waals surface area contributed by atoms with Crippen LogP contribution in [-0.2, 0) is 30.4 Å². The number of carbonyl (C=O) groups excluding carboxylic acids is 6. The fourth-order valence-corrected chi connectivity index (χ4v) is 7.41. The molecule has 238 valence electrons. The number of carbonyl (C=O) groups is 6. The van der Waals surface area contributed by atoms with Gasteiger partial charge in [0, 0.05) is 23.1 Å². The smallest absolute Gasteiger partial charge is 0.238 e. The molecule has 3 aliphatic carbocycles. The predicted octanol–water partition coefficient (Wildman–Crippen LogP) is 2.20. The van der Waals surface area contributed by atoms with Crippen LogP contribution in [0.2, 0.25) is 0 Å². The Morgan fingerprint density at radius 1 is 1.02 bits per heavy atom. The van der Waals surface area contributed by atoms with Crippen LogP contribution in [0.4, 0.5) is 5.69 Å². The van der Waals surface area contributed by atoms with E-state index in [0.29, 0.717) is 22.4 Å². The standard InChI is InChI=1S/C34H39N3O8/c1-15(2)24-21-13-17-12-20-19(16-6-8-18(9-7-16)37-23(39)14-36-33(3,4)5)10-11-22(38)26(20)29(41)25(17)30(42)34(21,45)31(43)27(28(24)40)32(35)44/h6-11,15,17,21,24-25,27,36,38,45H,12-14H2,1-5H3,(H2,35,44)(H,37,39)/t17-,21-,24-,25?,27?,34-/m0/s1. The minimum Gasteiger partial charge on any atom is -0.507 e. The molecule has 2 saturated carbocycles. The summed E-state index contributed by atoms with van der Waals surface area (Å²) >= 11 is 0. The third-order valence-corrected chi connectivity index (χ3v) is 9.45. The van der Waals surface area contributed by atoms with Crippen molar-refractivity contribution < 1.29 is 39.0 Å². The molecule has 0 aliphatic heterocycles. The van der Waals surface area contributed by atoms with E-state index in [1.807, 2.05) is 20.8 Å². The Bertz CT molecular complexity index is 1620. The molecule has 6 N–H and O–H groups in total. The van der Waals surface area contributed by atoms with E-state index >= 15 is 0 Å². The highest BCUT2D eigenvalue weighted by atomic mass is 16.3. The number of rotatable bonds is 6. The van der Waals surface area contributed by atoms with Crippen LogP contribution < -0.4 is 16.4 Å². The van der Waals surface area contributed by atoms with Crippen molar-refractivity contribution in [2.24, 2.45) is 41.2 Å². The van der Waals surface area contributed by atoms with Crippen molar-refractivity contribution in [2.75, 3.05) is 11.9 Å². The van der Waals surface area contributed by atoms with E-state index < -0.39 is 70.1 Å². The molecule has 2 aromatic rings. The second kappa shape index (κ2) is 11.3.